The van der Waals surface area contributed by atoms with E-state index in [1.54, 1.807) is 19.2 Å². The lowest BCUT2D eigenvalue weighted by Gasteiger charge is -2.12. The Bertz CT molecular complexity index is 920. The van der Waals surface area contributed by atoms with Gasteiger partial charge < -0.3 is 14.6 Å². The van der Waals surface area contributed by atoms with Crippen LogP contribution < -0.4 is 9.47 Å². The number of aromatic carboxylic acids is 1. The van der Waals surface area contributed by atoms with Gasteiger partial charge in [0.2, 0.25) is 0 Å². The highest BCUT2D eigenvalue weighted by molar-refractivity contribution is 6.30. The summed E-state index contributed by atoms with van der Waals surface area (Å²) >= 11 is 6.10. The van der Waals surface area contributed by atoms with E-state index >= 15 is 0 Å². The van der Waals surface area contributed by atoms with Crippen LogP contribution in [-0.2, 0) is 6.61 Å². The molecule has 0 saturated heterocycles. The Morgan fingerprint density at radius 3 is 2.46 bits per heavy atom. The third kappa shape index (κ3) is 4.16. The van der Waals surface area contributed by atoms with Gasteiger partial charge in [0.1, 0.15) is 18.1 Å². The van der Waals surface area contributed by atoms with E-state index in [9.17, 15) is 4.79 Å². The zero-order valence-corrected chi connectivity index (χ0v) is 14.9. The molecule has 0 aliphatic rings. The van der Waals surface area contributed by atoms with E-state index in [-0.39, 0.29) is 5.56 Å². The Balaban J connectivity index is 1.80. The van der Waals surface area contributed by atoms with Crippen molar-refractivity contribution < 1.29 is 19.4 Å². The molecule has 0 bridgehead atoms. The van der Waals surface area contributed by atoms with Crippen molar-refractivity contribution in [2.24, 2.45) is 0 Å². The molecule has 0 aliphatic heterocycles. The predicted molar refractivity (Wildman–Crippen MR) is 101 cm³/mol. The van der Waals surface area contributed by atoms with E-state index in [2.05, 4.69) is 0 Å². The van der Waals surface area contributed by atoms with Crippen LogP contribution in [0.15, 0.2) is 66.7 Å². The van der Waals surface area contributed by atoms with Gasteiger partial charge in [0, 0.05) is 10.6 Å². The Morgan fingerprint density at radius 2 is 1.81 bits per heavy atom. The van der Waals surface area contributed by atoms with Crippen LogP contribution in [-0.4, -0.2) is 18.2 Å². The van der Waals surface area contributed by atoms with Crippen molar-refractivity contribution in [2.45, 2.75) is 6.61 Å². The number of ether oxygens (including phenoxy) is 2. The number of hydrogen-bond donors (Lipinski definition) is 1. The van der Waals surface area contributed by atoms with Crippen LogP contribution in [0.25, 0.3) is 11.1 Å². The number of hydrogen-bond acceptors (Lipinski definition) is 3. The van der Waals surface area contributed by atoms with Crippen LogP contribution >= 0.6 is 11.6 Å². The fraction of sp³-hybridized carbons (Fsp3) is 0.0952. The second-order valence-corrected chi connectivity index (χ2v) is 6.10. The smallest absolute Gasteiger partial charge is 0.335 e. The molecule has 0 aliphatic carbocycles. The maximum Gasteiger partial charge on any atom is 0.335 e. The molecule has 0 saturated carbocycles. The fourth-order valence-electron chi connectivity index (χ4n) is 2.59. The van der Waals surface area contributed by atoms with E-state index in [1.165, 1.54) is 12.1 Å². The number of carboxylic acid groups (broad SMARTS) is 1. The SMILES string of the molecule is COc1ccc(COc2ccc(C(=O)O)cc2)cc1-c1cccc(Cl)c1. The van der Waals surface area contributed by atoms with Crippen molar-refractivity contribution in [1.82, 2.24) is 0 Å². The van der Waals surface area contributed by atoms with Crippen LogP contribution in [0.5, 0.6) is 11.5 Å². The Hall–Kier alpha value is -2.98. The van der Waals surface area contributed by atoms with E-state index in [0.717, 1.165) is 22.4 Å². The molecule has 0 fully saturated rings. The standard InChI is InChI=1S/C21H17ClO4/c1-25-20-10-5-14(11-19(20)16-3-2-4-17(22)12-16)13-26-18-8-6-15(7-9-18)21(23)24/h2-12H,13H2,1H3,(H,23,24). The van der Waals surface area contributed by atoms with Crippen molar-refractivity contribution in [3.8, 4) is 22.6 Å². The van der Waals surface area contributed by atoms with Crippen molar-refractivity contribution >= 4 is 17.6 Å². The van der Waals surface area contributed by atoms with E-state index in [4.69, 9.17) is 26.2 Å². The summed E-state index contributed by atoms with van der Waals surface area (Å²) in [6.45, 7) is 0.351. The maximum absolute atomic E-state index is 10.9. The molecular weight excluding hydrogens is 352 g/mol. The minimum absolute atomic E-state index is 0.227. The molecule has 26 heavy (non-hydrogen) atoms. The molecule has 1 N–H and O–H groups in total. The summed E-state index contributed by atoms with van der Waals surface area (Å²) in [4.78, 5) is 10.9. The van der Waals surface area contributed by atoms with Crippen LogP contribution in [0.2, 0.25) is 5.02 Å². The van der Waals surface area contributed by atoms with Gasteiger partial charge >= 0.3 is 5.97 Å². The van der Waals surface area contributed by atoms with E-state index in [1.807, 2.05) is 42.5 Å². The van der Waals surface area contributed by atoms with Crippen LogP contribution in [0.3, 0.4) is 0 Å². The predicted octanol–water partition coefficient (Wildman–Crippen LogP) is 5.29. The summed E-state index contributed by atoms with van der Waals surface area (Å²) in [5, 5.41) is 9.59. The average Bonchev–Trinajstić information content (AvgIpc) is 2.66. The summed E-state index contributed by atoms with van der Waals surface area (Å²) in [6.07, 6.45) is 0. The molecular formula is C21H17ClO4. The van der Waals surface area contributed by atoms with Crippen LogP contribution in [0.1, 0.15) is 15.9 Å². The lowest BCUT2D eigenvalue weighted by Crippen LogP contribution is -1.99. The third-order valence-corrected chi connectivity index (χ3v) is 4.14. The van der Waals surface area contributed by atoms with E-state index in [0.29, 0.717) is 17.4 Å². The topological polar surface area (TPSA) is 55.8 Å². The number of carbonyl (C=O) groups is 1. The Morgan fingerprint density at radius 1 is 1.04 bits per heavy atom. The third-order valence-electron chi connectivity index (χ3n) is 3.91. The van der Waals surface area contributed by atoms with Crippen LogP contribution in [0.4, 0.5) is 0 Å². The minimum Gasteiger partial charge on any atom is -0.496 e. The van der Waals surface area contributed by atoms with Gasteiger partial charge in [0.05, 0.1) is 12.7 Å². The molecule has 5 heteroatoms. The molecule has 3 aromatic rings. The molecule has 0 radical (unpaired) electrons. The highest BCUT2D eigenvalue weighted by Crippen LogP contribution is 2.32. The molecule has 0 unspecified atom stereocenters. The Labute approximate surface area is 156 Å². The summed E-state index contributed by atoms with van der Waals surface area (Å²) in [6, 6.07) is 19.7. The quantitative estimate of drug-likeness (QED) is 0.642. The second-order valence-electron chi connectivity index (χ2n) is 5.66. The first kappa shape index (κ1) is 17.8. The highest BCUT2D eigenvalue weighted by Gasteiger charge is 2.09. The largest absolute Gasteiger partial charge is 0.496 e. The van der Waals surface area contributed by atoms with Gasteiger partial charge in [-0.3, -0.25) is 0 Å². The van der Waals surface area contributed by atoms with Gasteiger partial charge in [-0.25, -0.2) is 4.79 Å². The number of carboxylic acids is 1. The van der Waals surface area contributed by atoms with E-state index < -0.39 is 5.97 Å². The fourth-order valence-corrected chi connectivity index (χ4v) is 2.78. The van der Waals surface area contributed by atoms with Gasteiger partial charge in [-0.2, -0.15) is 0 Å². The Kier molecular flexibility index (Phi) is 5.44. The number of halogens is 1. The van der Waals surface area contributed by atoms with Crippen molar-refractivity contribution in [2.75, 3.05) is 7.11 Å². The lowest BCUT2D eigenvalue weighted by molar-refractivity contribution is 0.0697. The zero-order chi connectivity index (χ0) is 18.5. The normalized spacial score (nSPS) is 10.4. The molecule has 3 aromatic carbocycles. The molecule has 0 amide bonds. The first-order valence-corrected chi connectivity index (χ1v) is 8.33. The molecule has 0 heterocycles. The number of methoxy groups -OCH3 is 1. The van der Waals surface area contributed by atoms with Gasteiger partial charge in [-0.15, -0.1) is 0 Å². The van der Waals surface area contributed by atoms with Crippen LogP contribution in [0, 0.1) is 0 Å². The highest BCUT2D eigenvalue weighted by atomic mass is 35.5. The van der Waals surface area contributed by atoms with Crippen molar-refractivity contribution in [3.63, 3.8) is 0 Å². The molecule has 4 nitrogen and oxygen atoms in total. The summed E-state index contributed by atoms with van der Waals surface area (Å²) < 4.78 is 11.2. The lowest BCUT2D eigenvalue weighted by atomic mass is 10.0. The molecule has 132 valence electrons. The van der Waals surface area contributed by atoms with Gasteiger partial charge in [0.15, 0.2) is 0 Å². The van der Waals surface area contributed by atoms with Gasteiger partial charge in [0.25, 0.3) is 0 Å². The summed E-state index contributed by atoms with van der Waals surface area (Å²) in [5.41, 5.74) is 3.08. The molecule has 0 aromatic heterocycles. The minimum atomic E-state index is -0.960. The number of benzene rings is 3. The monoisotopic (exact) mass is 368 g/mol. The zero-order valence-electron chi connectivity index (χ0n) is 14.1. The molecule has 0 spiro atoms. The first-order valence-electron chi connectivity index (χ1n) is 7.96. The summed E-state index contributed by atoms with van der Waals surface area (Å²) in [5.74, 6) is 0.398. The number of rotatable bonds is 6. The average molecular weight is 369 g/mol. The molecule has 3 rings (SSSR count). The first-order chi connectivity index (χ1) is 12.6. The maximum atomic E-state index is 10.9. The van der Waals surface area contributed by atoms with Gasteiger partial charge in [-0.1, -0.05) is 29.8 Å². The molecule has 0 atom stereocenters. The second kappa shape index (κ2) is 7.93. The van der Waals surface area contributed by atoms with Gasteiger partial charge in [-0.05, 0) is 59.7 Å². The summed E-state index contributed by atoms with van der Waals surface area (Å²) in [7, 11) is 1.63. The van der Waals surface area contributed by atoms with Crippen molar-refractivity contribution in [1.29, 1.82) is 0 Å². The van der Waals surface area contributed by atoms with Crippen molar-refractivity contribution in [3.05, 3.63) is 82.9 Å².